The molecule has 1 saturated carbocycles. The molecule has 7 heteroatoms. The molecule has 3 aliphatic rings. The van der Waals surface area contributed by atoms with Gasteiger partial charge in [-0.2, -0.15) is 0 Å². The fourth-order valence-electron chi connectivity index (χ4n) is 5.37. The topological polar surface area (TPSA) is 84.0 Å². The van der Waals surface area contributed by atoms with Gasteiger partial charge in [0.05, 0.1) is 23.4 Å². The Morgan fingerprint density at radius 1 is 0.941 bits per heavy atom. The molecule has 0 bridgehead atoms. The van der Waals surface area contributed by atoms with E-state index in [1.165, 1.54) is 4.90 Å². The standard InChI is InChI=1S/C27H28N2O5/c1-16-6-9-19(10-7-16)28-15-18(13-24(28)30)27(33)34-21-5-3-4-20(14-21)29-25(31)22-11-8-17(2)12-23(22)26(29)32/h3-7,9-10,14,17-18,22-23H,8,11-13,15H2,1-2H3/t17-,18+,22+,23+/m0/s1. The SMILES string of the molecule is Cc1ccc(N2C[C@H](C(=O)Oc3cccc(N4C(=O)[C@@H]5CC[C@H](C)C[C@H]5C4=O)c3)CC2=O)cc1. The molecule has 2 aromatic rings. The average Bonchev–Trinajstić information content (AvgIpc) is 3.32. The van der Waals surface area contributed by atoms with Crippen molar-refractivity contribution < 1.29 is 23.9 Å². The minimum atomic E-state index is -0.586. The number of ether oxygens (including phenoxy) is 1. The Morgan fingerprint density at radius 3 is 2.44 bits per heavy atom. The zero-order valence-corrected chi connectivity index (χ0v) is 19.4. The number of amides is 3. The van der Waals surface area contributed by atoms with E-state index in [1.54, 1.807) is 29.2 Å². The Kier molecular flexibility index (Phi) is 5.71. The van der Waals surface area contributed by atoms with Gasteiger partial charge in [0.2, 0.25) is 17.7 Å². The third-order valence-electron chi connectivity index (χ3n) is 7.29. The van der Waals surface area contributed by atoms with E-state index in [4.69, 9.17) is 4.74 Å². The lowest BCUT2D eigenvalue weighted by molar-refractivity contribution is -0.139. The molecule has 2 aromatic carbocycles. The first kappa shape index (κ1) is 22.3. The van der Waals surface area contributed by atoms with Gasteiger partial charge in [0.25, 0.3) is 0 Å². The molecule has 3 fully saturated rings. The summed E-state index contributed by atoms with van der Waals surface area (Å²) in [4.78, 5) is 54.2. The van der Waals surface area contributed by atoms with Crippen LogP contribution in [-0.2, 0) is 19.2 Å². The minimum absolute atomic E-state index is 0.0804. The molecule has 5 rings (SSSR count). The van der Waals surface area contributed by atoms with E-state index in [0.717, 1.165) is 30.5 Å². The summed E-state index contributed by atoms with van der Waals surface area (Å²) < 4.78 is 5.59. The van der Waals surface area contributed by atoms with Crippen LogP contribution in [0.3, 0.4) is 0 Å². The van der Waals surface area contributed by atoms with Crippen LogP contribution in [0.4, 0.5) is 11.4 Å². The Labute approximate surface area is 198 Å². The van der Waals surface area contributed by atoms with Gasteiger partial charge >= 0.3 is 5.97 Å². The van der Waals surface area contributed by atoms with Gasteiger partial charge in [-0.15, -0.1) is 0 Å². The van der Waals surface area contributed by atoms with Crippen molar-refractivity contribution in [3.63, 3.8) is 0 Å². The van der Waals surface area contributed by atoms with Gasteiger partial charge in [0, 0.05) is 24.7 Å². The lowest BCUT2D eigenvalue weighted by atomic mass is 9.76. The van der Waals surface area contributed by atoms with Crippen molar-refractivity contribution in [2.24, 2.45) is 23.7 Å². The van der Waals surface area contributed by atoms with Gasteiger partial charge in [0.15, 0.2) is 0 Å². The summed E-state index contributed by atoms with van der Waals surface area (Å²) in [5.74, 6) is -1.37. The number of anilines is 2. The summed E-state index contributed by atoms with van der Waals surface area (Å²) in [5, 5.41) is 0. The first-order chi connectivity index (χ1) is 16.3. The summed E-state index contributed by atoms with van der Waals surface area (Å²) in [6.45, 7) is 4.34. The zero-order chi connectivity index (χ0) is 24.0. The van der Waals surface area contributed by atoms with Gasteiger partial charge in [-0.25, -0.2) is 4.90 Å². The number of carbonyl (C=O) groups excluding carboxylic acids is 4. The molecule has 0 aromatic heterocycles. The fourth-order valence-corrected chi connectivity index (χ4v) is 5.37. The highest BCUT2D eigenvalue weighted by Gasteiger charge is 2.50. The van der Waals surface area contributed by atoms with Crippen molar-refractivity contribution in [2.45, 2.75) is 39.5 Å². The second kappa shape index (κ2) is 8.70. The van der Waals surface area contributed by atoms with E-state index >= 15 is 0 Å². The predicted octanol–water partition coefficient (Wildman–Crippen LogP) is 3.88. The van der Waals surface area contributed by atoms with E-state index in [2.05, 4.69) is 6.92 Å². The number of carbonyl (C=O) groups is 4. The fraction of sp³-hybridized carbons (Fsp3) is 0.407. The number of imide groups is 1. The number of hydrogen-bond donors (Lipinski definition) is 0. The molecule has 2 saturated heterocycles. The maximum atomic E-state index is 13.0. The number of nitrogens with zero attached hydrogens (tertiary/aromatic N) is 2. The maximum Gasteiger partial charge on any atom is 0.316 e. The largest absolute Gasteiger partial charge is 0.426 e. The molecule has 0 spiro atoms. The third kappa shape index (κ3) is 4.00. The molecule has 176 valence electrons. The molecule has 2 aliphatic heterocycles. The lowest BCUT2D eigenvalue weighted by Gasteiger charge is -2.25. The molecule has 34 heavy (non-hydrogen) atoms. The normalized spacial score (nSPS) is 26.7. The van der Waals surface area contributed by atoms with Crippen LogP contribution in [0.2, 0.25) is 0 Å². The van der Waals surface area contributed by atoms with Crippen molar-refractivity contribution in [3.05, 3.63) is 54.1 Å². The average molecular weight is 461 g/mol. The highest BCUT2D eigenvalue weighted by Crippen LogP contribution is 2.42. The molecule has 2 heterocycles. The maximum absolute atomic E-state index is 13.0. The van der Waals surface area contributed by atoms with Crippen LogP contribution < -0.4 is 14.5 Å². The third-order valence-corrected chi connectivity index (χ3v) is 7.29. The van der Waals surface area contributed by atoms with Crippen LogP contribution in [-0.4, -0.2) is 30.2 Å². The van der Waals surface area contributed by atoms with Crippen LogP contribution >= 0.6 is 0 Å². The van der Waals surface area contributed by atoms with Gasteiger partial charge < -0.3 is 9.64 Å². The molecule has 1 aliphatic carbocycles. The molecule has 3 amide bonds. The number of hydrogen-bond acceptors (Lipinski definition) is 5. The van der Waals surface area contributed by atoms with E-state index < -0.39 is 11.9 Å². The predicted molar refractivity (Wildman–Crippen MR) is 126 cm³/mol. The minimum Gasteiger partial charge on any atom is -0.426 e. The summed E-state index contributed by atoms with van der Waals surface area (Å²) in [5.41, 5.74) is 2.27. The Morgan fingerprint density at radius 2 is 1.68 bits per heavy atom. The van der Waals surface area contributed by atoms with E-state index in [-0.39, 0.29) is 48.3 Å². The Bertz CT molecular complexity index is 1160. The van der Waals surface area contributed by atoms with Crippen molar-refractivity contribution in [1.82, 2.24) is 0 Å². The first-order valence-corrected chi connectivity index (χ1v) is 11.9. The number of esters is 1. The van der Waals surface area contributed by atoms with Crippen LogP contribution in [0.1, 0.15) is 38.2 Å². The Balaban J connectivity index is 1.28. The quantitative estimate of drug-likeness (QED) is 0.393. The summed E-state index contributed by atoms with van der Waals surface area (Å²) in [6, 6.07) is 14.1. The van der Waals surface area contributed by atoms with Crippen molar-refractivity contribution in [3.8, 4) is 5.75 Å². The lowest BCUT2D eigenvalue weighted by Crippen LogP contribution is -2.31. The number of benzene rings is 2. The molecule has 0 radical (unpaired) electrons. The second-order valence-electron chi connectivity index (χ2n) is 9.80. The number of fused-ring (bicyclic) bond motifs is 1. The van der Waals surface area contributed by atoms with E-state index in [1.807, 2.05) is 31.2 Å². The summed E-state index contributed by atoms with van der Waals surface area (Å²) >= 11 is 0. The van der Waals surface area contributed by atoms with E-state index in [9.17, 15) is 19.2 Å². The van der Waals surface area contributed by atoms with Crippen molar-refractivity contribution >= 4 is 35.1 Å². The summed E-state index contributed by atoms with van der Waals surface area (Å²) in [7, 11) is 0. The molecule has 0 N–H and O–H groups in total. The number of rotatable bonds is 4. The van der Waals surface area contributed by atoms with Crippen LogP contribution in [0, 0.1) is 30.6 Å². The van der Waals surface area contributed by atoms with Crippen molar-refractivity contribution in [1.29, 1.82) is 0 Å². The van der Waals surface area contributed by atoms with Crippen LogP contribution in [0.15, 0.2) is 48.5 Å². The van der Waals surface area contributed by atoms with Gasteiger partial charge in [-0.1, -0.05) is 30.7 Å². The zero-order valence-electron chi connectivity index (χ0n) is 19.4. The molecular formula is C27H28N2O5. The number of aryl methyl sites for hydroxylation is 1. The van der Waals surface area contributed by atoms with Gasteiger partial charge in [-0.05, 0) is 56.4 Å². The molecule has 4 atom stereocenters. The van der Waals surface area contributed by atoms with Gasteiger partial charge in [-0.3, -0.25) is 19.2 Å². The second-order valence-corrected chi connectivity index (χ2v) is 9.80. The highest BCUT2D eigenvalue weighted by molar-refractivity contribution is 6.22. The van der Waals surface area contributed by atoms with E-state index in [0.29, 0.717) is 11.6 Å². The molecular weight excluding hydrogens is 432 g/mol. The molecule has 0 unspecified atom stereocenters. The summed E-state index contributed by atoms with van der Waals surface area (Å²) in [6.07, 6.45) is 2.49. The van der Waals surface area contributed by atoms with Crippen LogP contribution in [0.25, 0.3) is 0 Å². The van der Waals surface area contributed by atoms with Crippen molar-refractivity contribution in [2.75, 3.05) is 16.3 Å². The smallest absolute Gasteiger partial charge is 0.316 e. The van der Waals surface area contributed by atoms with Gasteiger partial charge in [0.1, 0.15) is 5.75 Å². The van der Waals surface area contributed by atoms with Crippen LogP contribution in [0.5, 0.6) is 5.75 Å². The molecule has 7 nitrogen and oxygen atoms in total. The highest BCUT2D eigenvalue weighted by atomic mass is 16.5. The monoisotopic (exact) mass is 460 g/mol. The Hall–Kier alpha value is -3.48. The first-order valence-electron chi connectivity index (χ1n) is 11.9.